The molecule has 10 heteroatoms. The molecule has 31 heavy (non-hydrogen) atoms. The number of thioether (sulfide) groups is 1. The van der Waals surface area contributed by atoms with Gasteiger partial charge in [-0.1, -0.05) is 30.0 Å². The van der Waals surface area contributed by atoms with Crippen LogP contribution in [0.5, 0.6) is 0 Å². The zero-order chi connectivity index (χ0) is 21.2. The number of nitrogens with zero attached hydrogens (tertiary/aromatic N) is 4. The van der Waals surface area contributed by atoms with E-state index in [1.807, 2.05) is 30.5 Å². The van der Waals surface area contributed by atoms with Crippen LogP contribution in [0.3, 0.4) is 0 Å². The normalized spacial score (nSPS) is 14.3. The van der Waals surface area contributed by atoms with Crippen molar-refractivity contribution in [3.63, 3.8) is 0 Å². The van der Waals surface area contributed by atoms with Crippen LogP contribution in [0.2, 0.25) is 0 Å². The van der Waals surface area contributed by atoms with Crippen molar-refractivity contribution in [2.75, 3.05) is 31.9 Å². The molecule has 1 N–H and O–H groups in total. The van der Waals surface area contributed by atoms with Crippen LogP contribution in [0.4, 0.5) is 0 Å². The molecule has 3 aromatic heterocycles. The lowest BCUT2D eigenvalue weighted by atomic mass is 10.2. The van der Waals surface area contributed by atoms with Crippen molar-refractivity contribution in [1.29, 1.82) is 0 Å². The summed E-state index contributed by atoms with van der Waals surface area (Å²) >= 11 is 1.21. The number of aromatic amines is 1. The number of nitrogens with one attached hydrogen (secondary N) is 1. The van der Waals surface area contributed by atoms with E-state index in [0.29, 0.717) is 43.1 Å². The second-order valence-electron chi connectivity index (χ2n) is 7.06. The van der Waals surface area contributed by atoms with Crippen LogP contribution < -0.4 is 0 Å². The Kier molecular flexibility index (Phi) is 5.21. The Balaban J connectivity index is 1.15. The average Bonchev–Trinajstić information content (AvgIpc) is 3.57. The Morgan fingerprint density at radius 2 is 1.84 bits per heavy atom. The van der Waals surface area contributed by atoms with Crippen molar-refractivity contribution in [2.24, 2.45) is 0 Å². The van der Waals surface area contributed by atoms with Crippen molar-refractivity contribution >= 4 is 34.5 Å². The zero-order valence-electron chi connectivity index (χ0n) is 16.5. The second kappa shape index (κ2) is 8.31. The van der Waals surface area contributed by atoms with Crippen molar-refractivity contribution < 1.29 is 18.4 Å². The molecule has 1 saturated heterocycles. The first-order valence-electron chi connectivity index (χ1n) is 9.82. The van der Waals surface area contributed by atoms with Crippen molar-refractivity contribution in [2.45, 2.75) is 5.22 Å². The van der Waals surface area contributed by atoms with Gasteiger partial charge in [0.05, 0.1) is 17.6 Å². The minimum atomic E-state index is -0.151. The van der Waals surface area contributed by atoms with Crippen LogP contribution in [0, 0.1) is 0 Å². The summed E-state index contributed by atoms with van der Waals surface area (Å²) in [7, 11) is 0. The molecule has 4 heterocycles. The van der Waals surface area contributed by atoms with Crippen LogP contribution >= 0.6 is 11.8 Å². The van der Waals surface area contributed by atoms with Crippen LogP contribution in [0.1, 0.15) is 10.6 Å². The number of amides is 2. The first-order chi connectivity index (χ1) is 15.2. The summed E-state index contributed by atoms with van der Waals surface area (Å²) in [5, 5.41) is 9.52. The summed E-state index contributed by atoms with van der Waals surface area (Å²) in [6, 6.07) is 11.2. The highest BCUT2D eigenvalue weighted by Gasteiger charge is 2.26. The topological polar surface area (TPSA) is 108 Å². The summed E-state index contributed by atoms with van der Waals surface area (Å²) in [5.74, 6) is 0.751. The van der Waals surface area contributed by atoms with Crippen LogP contribution in [-0.4, -0.2) is 68.7 Å². The van der Waals surface area contributed by atoms with E-state index in [2.05, 4.69) is 15.2 Å². The van der Waals surface area contributed by atoms with Gasteiger partial charge in [0.2, 0.25) is 5.91 Å². The van der Waals surface area contributed by atoms with E-state index < -0.39 is 0 Å². The van der Waals surface area contributed by atoms with E-state index in [-0.39, 0.29) is 17.6 Å². The molecular formula is C21H19N5O4S. The number of carbonyl (C=O) groups is 2. The summed E-state index contributed by atoms with van der Waals surface area (Å²) in [4.78, 5) is 31.5. The summed E-state index contributed by atoms with van der Waals surface area (Å²) in [5.41, 5.74) is 1.82. The van der Waals surface area contributed by atoms with Gasteiger partial charge in [-0.05, 0) is 18.2 Å². The lowest BCUT2D eigenvalue weighted by Gasteiger charge is -2.34. The van der Waals surface area contributed by atoms with Crippen molar-refractivity contribution in [3.8, 4) is 11.5 Å². The van der Waals surface area contributed by atoms with Crippen molar-refractivity contribution in [3.05, 3.63) is 54.6 Å². The number of furan rings is 1. The Hall–Kier alpha value is -3.53. The van der Waals surface area contributed by atoms with Gasteiger partial charge in [-0.2, -0.15) is 0 Å². The van der Waals surface area contributed by atoms with Crippen LogP contribution in [0.25, 0.3) is 22.4 Å². The molecule has 2 amide bonds. The average molecular weight is 437 g/mol. The van der Waals surface area contributed by atoms with Gasteiger partial charge in [0.1, 0.15) is 0 Å². The molecule has 0 bridgehead atoms. The van der Waals surface area contributed by atoms with Gasteiger partial charge in [-0.3, -0.25) is 9.59 Å². The van der Waals surface area contributed by atoms with E-state index in [1.54, 1.807) is 21.9 Å². The quantitative estimate of drug-likeness (QED) is 0.478. The summed E-state index contributed by atoms with van der Waals surface area (Å²) < 4.78 is 10.9. The summed E-state index contributed by atoms with van der Waals surface area (Å²) in [6.45, 7) is 1.91. The molecule has 1 fully saturated rings. The number of H-pyrrole nitrogens is 1. The molecular weight excluding hydrogens is 418 g/mol. The number of piperazine rings is 1. The fourth-order valence-corrected chi connectivity index (χ4v) is 4.22. The Morgan fingerprint density at radius 1 is 1.03 bits per heavy atom. The molecule has 1 aromatic carbocycles. The van der Waals surface area contributed by atoms with E-state index >= 15 is 0 Å². The Bertz CT molecular complexity index is 1210. The van der Waals surface area contributed by atoms with E-state index in [0.717, 1.165) is 16.5 Å². The monoisotopic (exact) mass is 437 g/mol. The first kappa shape index (κ1) is 19.4. The molecule has 9 nitrogen and oxygen atoms in total. The maximum absolute atomic E-state index is 12.6. The van der Waals surface area contributed by atoms with E-state index in [1.165, 1.54) is 18.0 Å². The maximum atomic E-state index is 12.6. The molecule has 4 aromatic rings. The van der Waals surface area contributed by atoms with Crippen molar-refractivity contribution in [1.82, 2.24) is 25.0 Å². The number of benzene rings is 1. The Morgan fingerprint density at radius 3 is 2.65 bits per heavy atom. The molecule has 0 unspecified atom stereocenters. The number of aromatic nitrogens is 3. The van der Waals surface area contributed by atoms with Gasteiger partial charge in [0, 0.05) is 43.3 Å². The third kappa shape index (κ3) is 3.93. The van der Waals surface area contributed by atoms with Crippen LogP contribution in [0.15, 0.2) is 62.9 Å². The molecule has 0 atom stereocenters. The van der Waals surface area contributed by atoms with E-state index in [9.17, 15) is 9.59 Å². The number of para-hydroxylation sites is 1. The zero-order valence-corrected chi connectivity index (χ0v) is 17.3. The van der Waals surface area contributed by atoms with E-state index in [4.69, 9.17) is 8.83 Å². The molecule has 158 valence electrons. The molecule has 0 saturated carbocycles. The number of fused-ring (bicyclic) bond motifs is 1. The smallest absolute Gasteiger partial charge is 0.289 e. The fourth-order valence-electron chi connectivity index (χ4n) is 3.56. The number of hydrogen-bond donors (Lipinski definition) is 1. The standard InChI is InChI=1S/C21H19N5O4S/c27-18(25-7-9-26(10-8-25)20(28)17-6-3-11-29-17)13-31-21-24-23-19(30-21)15-12-22-16-5-2-1-4-14(15)16/h1-6,11-12,22H,7-10,13H2. The molecule has 0 aliphatic carbocycles. The fraction of sp³-hybridized carbons (Fsp3) is 0.238. The highest BCUT2D eigenvalue weighted by Crippen LogP contribution is 2.29. The molecule has 0 radical (unpaired) electrons. The van der Waals surface area contributed by atoms with Gasteiger partial charge in [-0.25, -0.2) is 0 Å². The number of hydrogen-bond acceptors (Lipinski definition) is 7. The second-order valence-corrected chi connectivity index (χ2v) is 7.99. The van der Waals surface area contributed by atoms with Gasteiger partial charge >= 0.3 is 0 Å². The van der Waals surface area contributed by atoms with Gasteiger partial charge in [0.15, 0.2) is 5.76 Å². The van der Waals surface area contributed by atoms with Gasteiger partial charge in [-0.15, -0.1) is 10.2 Å². The largest absolute Gasteiger partial charge is 0.459 e. The predicted molar refractivity (Wildman–Crippen MR) is 114 cm³/mol. The van der Waals surface area contributed by atoms with Gasteiger partial charge < -0.3 is 23.6 Å². The highest BCUT2D eigenvalue weighted by atomic mass is 32.2. The predicted octanol–water partition coefficient (Wildman–Crippen LogP) is 2.89. The minimum Gasteiger partial charge on any atom is -0.459 e. The Labute approximate surface area is 181 Å². The minimum absolute atomic E-state index is 0.0260. The molecule has 1 aliphatic heterocycles. The lowest BCUT2D eigenvalue weighted by molar-refractivity contribution is -0.129. The third-order valence-electron chi connectivity index (χ3n) is 5.20. The van der Waals surface area contributed by atoms with Gasteiger partial charge in [0.25, 0.3) is 17.0 Å². The molecule has 0 spiro atoms. The molecule has 5 rings (SSSR count). The number of carbonyl (C=O) groups excluding carboxylic acids is 2. The molecule has 1 aliphatic rings. The third-order valence-corrected chi connectivity index (χ3v) is 6.00. The summed E-state index contributed by atoms with van der Waals surface area (Å²) in [6.07, 6.45) is 3.31. The SMILES string of the molecule is O=C(CSc1nnc(-c2c[nH]c3ccccc23)o1)N1CCN(C(=O)c2ccco2)CC1. The number of rotatable bonds is 5. The lowest BCUT2D eigenvalue weighted by Crippen LogP contribution is -2.51. The van der Waals surface area contributed by atoms with Crippen LogP contribution in [-0.2, 0) is 4.79 Å². The maximum Gasteiger partial charge on any atom is 0.289 e. The first-order valence-corrected chi connectivity index (χ1v) is 10.8. The highest BCUT2D eigenvalue weighted by molar-refractivity contribution is 7.99.